The van der Waals surface area contributed by atoms with Gasteiger partial charge in [0.1, 0.15) is 5.82 Å². The van der Waals surface area contributed by atoms with Crippen LogP contribution in [0.1, 0.15) is 25.8 Å². The fourth-order valence-electron chi connectivity index (χ4n) is 1.33. The highest BCUT2D eigenvalue weighted by Gasteiger charge is 2.07. The van der Waals surface area contributed by atoms with Crippen molar-refractivity contribution in [3.63, 3.8) is 0 Å². The second-order valence-corrected chi connectivity index (χ2v) is 3.84. The molecule has 0 aromatic heterocycles. The van der Waals surface area contributed by atoms with Crippen LogP contribution in [0.4, 0.5) is 10.1 Å². The third-order valence-corrected chi connectivity index (χ3v) is 2.40. The number of benzene rings is 1. The Balaban J connectivity index is 2.79. The number of carboxylic acid groups (broad SMARTS) is 1. The van der Waals surface area contributed by atoms with Gasteiger partial charge in [0.15, 0.2) is 0 Å². The summed E-state index contributed by atoms with van der Waals surface area (Å²) in [5.74, 6) is -1.36. The summed E-state index contributed by atoms with van der Waals surface area (Å²) >= 11 is 0. The third-order valence-electron chi connectivity index (χ3n) is 2.40. The lowest BCUT2D eigenvalue weighted by atomic mass is 10.1. The first-order valence-electron chi connectivity index (χ1n) is 5.29. The van der Waals surface area contributed by atoms with Crippen LogP contribution in [-0.4, -0.2) is 17.1 Å². The number of hydrogen-bond acceptors (Lipinski definition) is 2. The zero-order chi connectivity index (χ0) is 12.1. The Morgan fingerprint density at radius 1 is 1.56 bits per heavy atom. The smallest absolute Gasteiger partial charge is 0.307 e. The molecule has 3 nitrogen and oxygen atoms in total. The summed E-state index contributed by atoms with van der Waals surface area (Å²) in [7, 11) is 0. The van der Waals surface area contributed by atoms with E-state index in [1.54, 1.807) is 12.1 Å². The number of aliphatic carboxylic acids is 1. The SMILES string of the molecule is CCC(C)Nc1ccc(CC(=O)O)cc1F. The molecule has 0 radical (unpaired) electrons. The molecule has 0 heterocycles. The van der Waals surface area contributed by atoms with Crippen LogP contribution in [0.2, 0.25) is 0 Å². The molecule has 0 aliphatic rings. The van der Waals surface area contributed by atoms with Crippen molar-refractivity contribution in [2.24, 2.45) is 0 Å². The van der Waals surface area contributed by atoms with Gasteiger partial charge in [0, 0.05) is 6.04 Å². The van der Waals surface area contributed by atoms with Crippen LogP contribution in [0.25, 0.3) is 0 Å². The van der Waals surface area contributed by atoms with Crippen LogP contribution < -0.4 is 5.32 Å². The van der Waals surface area contributed by atoms with Crippen LogP contribution in [0.5, 0.6) is 0 Å². The predicted molar refractivity (Wildman–Crippen MR) is 61.1 cm³/mol. The molecule has 0 fully saturated rings. The summed E-state index contributed by atoms with van der Waals surface area (Å²) in [6.45, 7) is 3.97. The number of nitrogens with one attached hydrogen (secondary N) is 1. The van der Waals surface area contributed by atoms with Gasteiger partial charge >= 0.3 is 5.97 Å². The molecule has 4 heteroatoms. The second-order valence-electron chi connectivity index (χ2n) is 3.84. The fourth-order valence-corrected chi connectivity index (χ4v) is 1.33. The first-order valence-corrected chi connectivity index (χ1v) is 5.29. The largest absolute Gasteiger partial charge is 0.481 e. The van der Waals surface area contributed by atoms with Crippen molar-refractivity contribution in [1.82, 2.24) is 0 Å². The van der Waals surface area contributed by atoms with E-state index in [1.165, 1.54) is 6.07 Å². The number of rotatable bonds is 5. The Kier molecular flexibility index (Phi) is 4.28. The molecule has 2 N–H and O–H groups in total. The lowest BCUT2D eigenvalue weighted by Crippen LogP contribution is -2.14. The first-order chi connectivity index (χ1) is 7.52. The Morgan fingerprint density at radius 2 is 2.25 bits per heavy atom. The Morgan fingerprint density at radius 3 is 2.75 bits per heavy atom. The normalized spacial score (nSPS) is 12.2. The lowest BCUT2D eigenvalue weighted by Gasteiger charge is -2.14. The maximum absolute atomic E-state index is 13.5. The van der Waals surface area contributed by atoms with Gasteiger partial charge in [-0.2, -0.15) is 0 Å². The summed E-state index contributed by atoms with van der Waals surface area (Å²) in [6, 6.07) is 4.67. The zero-order valence-corrected chi connectivity index (χ0v) is 9.46. The Bertz CT molecular complexity index is 379. The minimum atomic E-state index is -0.956. The summed E-state index contributed by atoms with van der Waals surface area (Å²) in [5.41, 5.74) is 0.892. The maximum atomic E-state index is 13.5. The molecule has 1 unspecified atom stereocenters. The molecular weight excluding hydrogens is 209 g/mol. The van der Waals surface area contributed by atoms with Gasteiger partial charge < -0.3 is 10.4 Å². The number of hydrogen-bond donors (Lipinski definition) is 2. The van der Waals surface area contributed by atoms with Crippen LogP contribution >= 0.6 is 0 Å². The van der Waals surface area contributed by atoms with E-state index in [0.29, 0.717) is 11.3 Å². The number of carboxylic acids is 1. The van der Waals surface area contributed by atoms with Crippen molar-refractivity contribution in [2.45, 2.75) is 32.7 Å². The molecule has 0 bridgehead atoms. The van der Waals surface area contributed by atoms with Crippen LogP contribution in [0.15, 0.2) is 18.2 Å². The third kappa shape index (κ3) is 3.53. The van der Waals surface area contributed by atoms with E-state index in [9.17, 15) is 9.18 Å². The lowest BCUT2D eigenvalue weighted by molar-refractivity contribution is -0.136. The minimum Gasteiger partial charge on any atom is -0.481 e. The number of halogens is 1. The molecule has 0 saturated heterocycles. The van der Waals surface area contributed by atoms with E-state index >= 15 is 0 Å². The van der Waals surface area contributed by atoms with E-state index in [2.05, 4.69) is 5.32 Å². The first kappa shape index (κ1) is 12.5. The van der Waals surface area contributed by atoms with E-state index in [0.717, 1.165) is 6.42 Å². The van der Waals surface area contributed by atoms with Gasteiger partial charge in [0.25, 0.3) is 0 Å². The van der Waals surface area contributed by atoms with Crippen molar-refractivity contribution >= 4 is 11.7 Å². The predicted octanol–water partition coefficient (Wildman–Crippen LogP) is 2.66. The highest BCUT2D eigenvalue weighted by atomic mass is 19.1. The van der Waals surface area contributed by atoms with Gasteiger partial charge in [0.2, 0.25) is 0 Å². The second kappa shape index (κ2) is 5.49. The quantitative estimate of drug-likeness (QED) is 0.810. The average molecular weight is 225 g/mol. The van der Waals surface area contributed by atoms with Gasteiger partial charge in [-0.25, -0.2) is 4.39 Å². The van der Waals surface area contributed by atoms with Crippen molar-refractivity contribution in [3.8, 4) is 0 Å². The van der Waals surface area contributed by atoms with E-state index in [4.69, 9.17) is 5.11 Å². The van der Waals surface area contributed by atoms with Crippen LogP contribution in [-0.2, 0) is 11.2 Å². The average Bonchev–Trinajstić information content (AvgIpc) is 2.21. The van der Waals surface area contributed by atoms with Crippen molar-refractivity contribution in [1.29, 1.82) is 0 Å². The fraction of sp³-hybridized carbons (Fsp3) is 0.417. The molecule has 0 spiro atoms. The molecule has 1 atom stereocenters. The molecule has 1 aromatic carbocycles. The number of carbonyl (C=O) groups is 1. The minimum absolute atomic E-state index is 0.152. The Hall–Kier alpha value is -1.58. The topological polar surface area (TPSA) is 49.3 Å². The molecule has 0 aliphatic carbocycles. The zero-order valence-electron chi connectivity index (χ0n) is 9.46. The molecule has 0 amide bonds. The van der Waals surface area contributed by atoms with Gasteiger partial charge in [-0.1, -0.05) is 13.0 Å². The van der Waals surface area contributed by atoms with Gasteiger partial charge in [-0.05, 0) is 31.0 Å². The summed E-state index contributed by atoms with van der Waals surface area (Å²) < 4.78 is 13.5. The summed E-state index contributed by atoms with van der Waals surface area (Å²) in [6.07, 6.45) is 0.747. The molecule has 88 valence electrons. The molecule has 1 aromatic rings. The number of anilines is 1. The molecule has 16 heavy (non-hydrogen) atoms. The Labute approximate surface area is 94.3 Å². The van der Waals surface area contributed by atoms with E-state index < -0.39 is 11.8 Å². The van der Waals surface area contributed by atoms with Crippen molar-refractivity contribution in [2.75, 3.05) is 5.32 Å². The van der Waals surface area contributed by atoms with E-state index in [-0.39, 0.29) is 12.5 Å². The monoisotopic (exact) mass is 225 g/mol. The molecule has 0 saturated carbocycles. The highest BCUT2D eigenvalue weighted by Crippen LogP contribution is 2.17. The van der Waals surface area contributed by atoms with Gasteiger partial charge in [-0.15, -0.1) is 0 Å². The molecule has 0 aliphatic heterocycles. The van der Waals surface area contributed by atoms with Crippen molar-refractivity contribution in [3.05, 3.63) is 29.6 Å². The molecular formula is C12H16FNO2. The summed E-state index contributed by atoms with van der Waals surface area (Å²) in [4.78, 5) is 10.5. The van der Waals surface area contributed by atoms with E-state index in [1.807, 2.05) is 13.8 Å². The standard InChI is InChI=1S/C12H16FNO2/c1-3-8(2)14-11-5-4-9(6-10(11)13)7-12(15)16/h4-6,8,14H,3,7H2,1-2H3,(H,15,16). The van der Waals surface area contributed by atoms with Crippen LogP contribution in [0.3, 0.4) is 0 Å². The van der Waals surface area contributed by atoms with Crippen molar-refractivity contribution < 1.29 is 14.3 Å². The molecule has 1 rings (SSSR count). The summed E-state index contributed by atoms with van der Waals surface area (Å²) in [5, 5.41) is 11.6. The maximum Gasteiger partial charge on any atom is 0.307 e. The van der Waals surface area contributed by atoms with Gasteiger partial charge in [0.05, 0.1) is 12.1 Å². The van der Waals surface area contributed by atoms with Crippen LogP contribution in [0, 0.1) is 5.82 Å². The van der Waals surface area contributed by atoms with Gasteiger partial charge in [-0.3, -0.25) is 4.79 Å². The highest BCUT2D eigenvalue weighted by molar-refractivity contribution is 5.70.